The Labute approximate surface area is 162 Å². The molecular weight excluding hydrogens is 361 g/mol. The highest BCUT2D eigenvalue weighted by Gasteiger charge is 2.33. The number of hydrogen-bond donors (Lipinski definition) is 1. The van der Waals surface area contributed by atoms with Gasteiger partial charge in [0.2, 0.25) is 5.91 Å². The number of halogens is 1. The summed E-state index contributed by atoms with van der Waals surface area (Å²) in [5.74, 6) is 0.668. The van der Waals surface area contributed by atoms with E-state index in [1.165, 1.54) is 30.6 Å². The second-order valence-corrected chi connectivity index (χ2v) is 7.57. The van der Waals surface area contributed by atoms with Crippen molar-refractivity contribution in [3.63, 3.8) is 0 Å². The molecule has 2 amide bonds. The van der Waals surface area contributed by atoms with Crippen LogP contribution >= 0.6 is 0 Å². The number of amides is 2. The van der Waals surface area contributed by atoms with Gasteiger partial charge in [-0.3, -0.25) is 14.7 Å². The minimum atomic E-state index is -0.364. The topological polar surface area (TPSA) is 82.2 Å². The van der Waals surface area contributed by atoms with Crippen molar-refractivity contribution in [2.24, 2.45) is 5.92 Å². The summed E-state index contributed by atoms with van der Waals surface area (Å²) in [6.07, 6.45) is 4.85. The number of hydrogen-bond acceptors (Lipinski definition) is 4. The fraction of sp³-hybridized carbons (Fsp3) is 0.500. The van der Waals surface area contributed by atoms with Crippen LogP contribution in [0.3, 0.4) is 0 Å². The zero-order chi connectivity index (χ0) is 19.5. The molecule has 2 saturated heterocycles. The number of likely N-dealkylation sites (tertiary alicyclic amines) is 2. The van der Waals surface area contributed by atoms with Crippen LogP contribution in [0.1, 0.15) is 47.8 Å². The molecule has 0 aliphatic carbocycles. The molecule has 3 heterocycles. The van der Waals surface area contributed by atoms with Crippen molar-refractivity contribution in [2.45, 2.75) is 31.6 Å². The number of carbonyl (C=O) groups excluding carboxylic acids is 2. The van der Waals surface area contributed by atoms with Gasteiger partial charge in [-0.25, -0.2) is 9.37 Å². The number of carbonyl (C=O) groups is 2. The van der Waals surface area contributed by atoms with E-state index in [0.717, 1.165) is 31.5 Å². The molecule has 28 heavy (non-hydrogen) atoms. The van der Waals surface area contributed by atoms with E-state index in [1.807, 2.05) is 4.90 Å². The van der Waals surface area contributed by atoms with Crippen LogP contribution in [0.5, 0.6) is 0 Å². The molecule has 1 atom stereocenters. The third-order valence-corrected chi connectivity index (χ3v) is 5.78. The lowest BCUT2D eigenvalue weighted by Crippen LogP contribution is -2.48. The van der Waals surface area contributed by atoms with Crippen molar-refractivity contribution in [3.8, 4) is 0 Å². The van der Waals surface area contributed by atoms with E-state index < -0.39 is 0 Å². The number of aromatic nitrogens is 3. The molecule has 7 nitrogen and oxygen atoms in total. The molecule has 4 rings (SSSR count). The maximum atomic E-state index is 13.1. The highest BCUT2D eigenvalue weighted by molar-refractivity contribution is 5.94. The summed E-state index contributed by atoms with van der Waals surface area (Å²) in [4.78, 5) is 33.6. The maximum Gasteiger partial charge on any atom is 0.253 e. The van der Waals surface area contributed by atoms with Crippen LogP contribution in [-0.2, 0) is 4.79 Å². The van der Waals surface area contributed by atoms with E-state index in [1.54, 1.807) is 4.90 Å². The van der Waals surface area contributed by atoms with Crippen molar-refractivity contribution in [3.05, 3.63) is 47.8 Å². The smallest absolute Gasteiger partial charge is 0.253 e. The fourth-order valence-electron chi connectivity index (χ4n) is 4.18. The Balaban J connectivity index is 1.34. The van der Waals surface area contributed by atoms with E-state index in [2.05, 4.69) is 15.2 Å². The van der Waals surface area contributed by atoms with Gasteiger partial charge in [-0.1, -0.05) is 0 Å². The SMILES string of the molecule is O=C(c1ccc(F)cc1)N1CCCC(C(=O)N2CCC(c3ncn[nH]3)CC2)C1. The minimum absolute atomic E-state index is 0.132. The van der Waals surface area contributed by atoms with Gasteiger partial charge in [0.1, 0.15) is 18.0 Å². The lowest BCUT2D eigenvalue weighted by atomic mass is 9.92. The first-order valence-corrected chi connectivity index (χ1v) is 9.80. The maximum absolute atomic E-state index is 13.1. The molecule has 1 N–H and O–H groups in total. The Kier molecular flexibility index (Phi) is 5.36. The van der Waals surface area contributed by atoms with Crippen molar-refractivity contribution in [2.75, 3.05) is 26.2 Å². The quantitative estimate of drug-likeness (QED) is 0.878. The Morgan fingerprint density at radius 1 is 1.04 bits per heavy atom. The van der Waals surface area contributed by atoms with Gasteiger partial charge >= 0.3 is 0 Å². The van der Waals surface area contributed by atoms with Crippen LogP contribution in [0.2, 0.25) is 0 Å². The standard InChI is InChI=1S/C20H24FN5O2/c21-17-5-3-15(4-6-17)19(27)26-9-1-2-16(12-26)20(28)25-10-7-14(8-11-25)18-22-13-23-24-18/h3-6,13-14,16H,1-2,7-12H2,(H,22,23,24). The lowest BCUT2D eigenvalue weighted by molar-refractivity contribution is -0.138. The van der Waals surface area contributed by atoms with Crippen molar-refractivity contribution >= 4 is 11.8 Å². The summed E-state index contributed by atoms with van der Waals surface area (Å²) in [5.41, 5.74) is 0.461. The predicted molar refractivity (Wildman–Crippen MR) is 100.0 cm³/mol. The minimum Gasteiger partial charge on any atom is -0.342 e. The highest BCUT2D eigenvalue weighted by atomic mass is 19.1. The van der Waals surface area contributed by atoms with E-state index in [9.17, 15) is 14.0 Å². The summed E-state index contributed by atoms with van der Waals surface area (Å²) >= 11 is 0. The van der Waals surface area contributed by atoms with Gasteiger partial charge in [0, 0.05) is 37.7 Å². The third kappa shape index (κ3) is 3.90. The van der Waals surface area contributed by atoms with Gasteiger partial charge in [0.05, 0.1) is 5.92 Å². The van der Waals surface area contributed by atoms with Crippen LogP contribution in [0.4, 0.5) is 4.39 Å². The van der Waals surface area contributed by atoms with Crippen molar-refractivity contribution in [1.29, 1.82) is 0 Å². The summed E-state index contributed by atoms with van der Waals surface area (Å²) < 4.78 is 13.1. The molecule has 2 aliphatic heterocycles. The van der Waals surface area contributed by atoms with E-state index in [0.29, 0.717) is 37.7 Å². The Morgan fingerprint density at radius 3 is 2.46 bits per heavy atom. The zero-order valence-electron chi connectivity index (χ0n) is 15.7. The molecule has 0 saturated carbocycles. The number of nitrogens with one attached hydrogen (secondary N) is 1. The average molecular weight is 385 g/mol. The number of piperidine rings is 2. The molecule has 0 bridgehead atoms. The molecule has 148 valence electrons. The number of aromatic amines is 1. The normalized spacial score (nSPS) is 21.0. The lowest BCUT2D eigenvalue weighted by Gasteiger charge is -2.37. The van der Waals surface area contributed by atoms with E-state index in [-0.39, 0.29) is 23.5 Å². The summed E-state index contributed by atoms with van der Waals surface area (Å²) in [6.45, 7) is 2.46. The van der Waals surface area contributed by atoms with Crippen LogP contribution in [0.15, 0.2) is 30.6 Å². The predicted octanol–water partition coefficient (Wildman–Crippen LogP) is 2.20. The summed E-state index contributed by atoms with van der Waals surface area (Å²) in [6, 6.07) is 5.58. The fourth-order valence-corrected chi connectivity index (χ4v) is 4.18. The summed E-state index contributed by atoms with van der Waals surface area (Å²) in [5, 5.41) is 6.82. The van der Waals surface area contributed by atoms with Gasteiger partial charge in [-0.05, 0) is 49.9 Å². The van der Waals surface area contributed by atoms with Gasteiger partial charge < -0.3 is 9.80 Å². The second kappa shape index (κ2) is 8.08. The van der Waals surface area contributed by atoms with Crippen LogP contribution in [0.25, 0.3) is 0 Å². The molecular formula is C20H24FN5O2. The van der Waals surface area contributed by atoms with Gasteiger partial charge in [0.25, 0.3) is 5.91 Å². The largest absolute Gasteiger partial charge is 0.342 e. The second-order valence-electron chi connectivity index (χ2n) is 7.57. The first-order chi connectivity index (χ1) is 13.6. The average Bonchev–Trinajstić information content (AvgIpc) is 3.28. The molecule has 2 fully saturated rings. The highest BCUT2D eigenvalue weighted by Crippen LogP contribution is 2.28. The van der Waals surface area contributed by atoms with Gasteiger partial charge in [0.15, 0.2) is 0 Å². The van der Waals surface area contributed by atoms with E-state index in [4.69, 9.17) is 0 Å². The monoisotopic (exact) mass is 385 g/mol. The Morgan fingerprint density at radius 2 is 1.79 bits per heavy atom. The number of benzene rings is 1. The van der Waals surface area contributed by atoms with Crippen LogP contribution in [0, 0.1) is 11.7 Å². The molecule has 1 aromatic heterocycles. The van der Waals surface area contributed by atoms with Crippen LogP contribution < -0.4 is 0 Å². The number of nitrogens with zero attached hydrogens (tertiary/aromatic N) is 4. The Bertz CT molecular complexity index is 816. The van der Waals surface area contributed by atoms with Crippen molar-refractivity contribution in [1.82, 2.24) is 25.0 Å². The number of rotatable bonds is 3. The molecule has 2 aliphatic rings. The molecule has 2 aromatic rings. The van der Waals surface area contributed by atoms with Crippen LogP contribution in [-0.4, -0.2) is 63.0 Å². The number of H-pyrrole nitrogens is 1. The molecule has 0 spiro atoms. The van der Waals surface area contributed by atoms with Gasteiger partial charge in [-0.2, -0.15) is 5.10 Å². The first kappa shape index (κ1) is 18.6. The van der Waals surface area contributed by atoms with Crippen molar-refractivity contribution < 1.29 is 14.0 Å². The summed E-state index contributed by atoms with van der Waals surface area (Å²) in [7, 11) is 0. The Hall–Kier alpha value is -2.77. The van der Waals surface area contributed by atoms with Gasteiger partial charge in [-0.15, -0.1) is 0 Å². The molecule has 0 radical (unpaired) electrons. The van der Waals surface area contributed by atoms with E-state index >= 15 is 0 Å². The third-order valence-electron chi connectivity index (χ3n) is 5.78. The molecule has 8 heteroatoms. The first-order valence-electron chi connectivity index (χ1n) is 9.80. The molecule has 1 unspecified atom stereocenters. The zero-order valence-corrected chi connectivity index (χ0v) is 15.7. The molecule has 1 aromatic carbocycles.